The second-order valence-corrected chi connectivity index (χ2v) is 5.79. The van der Waals surface area contributed by atoms with Crippen molar-refractivity contribution in [2.75, 3.05) is 18.4 Å². The molecule has 2 rings (SSSR count). The number of anilines is 1. The number of benzene rings is 1. The average Bonchev–Trinajstić information content (AvgIpc) is 2.89. The summed E-state index contributed by atoms with van der Waals surface area (Å²) in [5.41, 5.74) is 1.97. The molecule has 1 aromatic carbocycles. The number of rotatable bonds is 4. The van der Waals surface area contributed by atoms with Gasteiger partial charge in [0.1, 0.15) is 0 Å². The second kappa shape index (κ2) is 5.74. The molecule has 3 heteroatoms. The molecule has 0 aromatic heterocycles. The van der Waals surface area contributed by atoms with E-state index in [1.54, 1.807) is 0 Å². The fourth-order valence-electron chi connectivity index (χ4n) is 2.61. The summed E-state index contributed by atoms with van der Waals surface area (Å²) in [7, 11) is 0. The minimum atomic E-state index is -0.225. The summed E-state index contributed by atoms with van der Waals surface area (Å²) in [5, 5.41) is 6.36. The molecule has 0 radical (unpaired) electrons. The van der Waals surface area contributed by atoms with Gasteiger partial charge >= 0.3 is 0 Å². The van der Waals surface area contributed by atoms with Crippen LogP contribution in [0.1, 0.15) is 45.1 Å². The van der Waals surface area contributed by atoms with Crippen molar-refractivity contribution >= 4 is 11.6 Å². The Hall–Kier alpha value is -1.35. The van der Waals surface area contributed by atoms with Crippen LogP contribution in [0.5, 0.6) is 0 Å². The lowest BCUT2D eigenvalue weighted by atomic mass is 9.83. The average molecular weight is 260 g/mol. The van der Waals surface area contributed by atoms with Crippen LogP contribution >= 0.6 is 0 Å². The zero-order chi connectivity index (χ0) is 13.9. The molecule has 1 fully saturated rings. The Bertz CT molecular complexity index is 431. The number of nitrogens with one attached hydrogen (secondary N) is 2. The molecule has 1 heterocycles. The van der Waals surface area contributed by atoms with Gasteiger partial charge < -0.3 is 10.6 Å². The van der Waals surface area contributed by atoms with Gasteiger partial charge in [0.2, 0.25) is 5.91 Å². The lowest BCUT2D eigenvalue weighted by Gasteiger charge is -2.25. The van der Waals surface area contributed by atoms with E-state index >= 15 is 0 Å². The van der Waals surface area contributed by atoms with Crippen molar-refractivity contribution in [2.45, 2.75) is 39.5 Å². The first-order chi connectivity index (χ1) is 9.07. The summed E-state index contributed by atoms with van der Waals surface area (Å²) < 4.78 is 0. The zero-order valence-corrected chi connectivity index (χ0v) is 12.1. The molecule has 1 saturated heterocycles. The van der Waals surface area contributed by atoms with Gasteiger partial charge in [-0.2, -0.15) is 0 Å². The Morgan fingerprint density at radius 3 is 2.53 bits per heavy atom. The summed E-state index contributed by atoms with van der Waals surface area (Å²) in [6.45, 7) is 8.16. The van der Waals surface area contributed by atoms with E-state index in [2.05, 4.69) is 43.5 Å². The van der Waals surface area contributed by atoms with E-state index in [1.165, 1.54) is 5.56 Å². The molecule has 1 unspecified atom stereocenters. The third kappa shape index (κ3) is 2.98. The number of amides is 1. The quantitative estimate of drug-likeness (QED) is 0.873. The van der Waals surface area contributed by atoms with Gasteiger partial charge in [-0.15, -0.1) is 0 Å². The van der Waals surface area contributed by atoms with E-state index in [9.17, 15) is 4.79 Å². The molecule has 1 amide bonds. The van der Waals surface area contributed by atoms with E-state index in [-0.39, 0.29) is 11.3 Å². The molecule has 104 valence electrons. The Balaban J connectivity index is 2.06. The first-order valence-corrected chi connectivity index (χ1v) is 7.19. The predicted octanol–water partition coefficient (Wildman–Crippen LogP) is 3.14. The molecule has 1 aromatic rings. The standard InChI is InChI=1S/C16H24N2O/c1-4-16(9-10-17-11-16)15(19)18-14-7-5-13(6-8-14)12(2)3/h5-8,12,17H,4,9-11H2,1-3H3,(H,18,19). The SMILES string of the molecule is CCC1(C(=O)Nc2ccc(C(C)C)cc2)CCNC1. The lowest BCUT2D eigenvalue weighted by molar-refractivity contribution is -0.124. The van der Waals surface area contributed by atoms with Crippen LogP contribution in [0.25, 0.3) is 0 Å². The smallest absolute Gasteiger partial charge is 0.231 e. The van der Waals surface area contributed by atoms with Gasteiger partial charge in [-0.25, -0.2) is 0 Å². The highest BCUT2D eigenvalue weighted by molar-refractivity contribution is 5.95. The normalized spacial score (nSPS) is 22.7. The van der Waals surface area contributed by atoms with Gasteiger partial charge in [-0.1, -0.05) is 32.9 Å². The van der Waals surface area contributed by atoms with Crippen LogP contribution in [0.3, 0.4) is 0 Å². The molecule has 0 aliphatic carbocycles. The van der Waals surface area contributed by atoms with E-state index in [4.69, 9.17) is 0 Å². The molecule has 2 N–H and O–H groups in total. The number of carbonyl (C=O) groups excluding carboxylic acids is 1. The van der Waals surface area contributed by atoms with E-state index < -0.39 is 0 Å². The molecular formula is C16H24N2O. The van der Waals surface area contributed by atoms with Gasteiger partial charge in [0, 0.05) is 12.2 Å². The van der Waals surface area contributed by atoms with Crippen molar-refractivity contribution in [3.8, 4) is 0 Å². The van der Waals surface area contributed by atoms with Gasteiger partial charge in [-0.05, 0) is 43.0 Å². The van der Waals surface area contributed by atoms with Crippen LogP contribution in [0.4, 0.5) is 5.69 Å². The second-order valence-electron chi connectivity index (χ2n) is 5.79. The van der Waals surface area contributed by atoms with Crippen LogP contribution in [0, 0.1) is 5.41 Å². The molecular weight excluding hydrogens is 236 g/mol. The minimum Gasteiger partial charge on any atom is -0.326 e. The van der Waals surface area contributed by atoms with Crippen LogP contribution in [0.2, 0.25) is 0 Å². The van der Waals surface area contributed by atoms with Gasteiger partial charge in [0.05, 0.1) is 5.41 Å². The summed E-state index contributed by atoms with van der Waals surface area (Å²) in [4.78, 5) is 12.4. The Kier molecular flexibility index (Phi) is 4.25. The Morgan fingerprint density at radius 1 is 1.37 bits per heavy atom. The third-order valence-electron chi connectivity index (χ3n) is 4.24. The van der Waals surface area contributed by atoms with Crippen molar-refractivity contribution in [1.29, 1.82) is 0 Å². The van der Waals surface area contributed by atoms with Gasteiger partial charge in [-0.3, -0.25) is 4.79 Å². The largest absolute Gasteiger partial charge is 0.326 e. The molecule has 0 saturated carbocycles. The summed E-state index contributed by atoms with van der Waals surface area (Å²) in [6.07, 6.45) is 1.81. The lowest BCUT2D eigenvalue weighted by Crippen LogP contribution is -2.37. The predicted molar refractivity (Wildman–Crippen MR) is 79.4 cm³/mol. The molecule has 1 aliphatic rings. The number of hydrogen-bond acceptors (Lipinski definition) is 2. The fourth-order valence-corrected chi connectivity index (χ4v) is 2.61. The maximum Gasteiger partial charge on any atom is 0.231 e. The Morgan fingerprint density at radius 2 is 2.05 bits per heavy atom. The van der Waals surface area contributed by atoms with Crippen molar-refractivity contribution in [2.24, 2.45) is 5.41 Å². The van der Waals surface area contributed by atoms with E-state index in [0.717, 1.165) is 31.6 Å². The van der Waals surface area contributed by atoms with E-state index in [1.807, 2.05) is 12.1 Å². The number of carbonyl (C=O) groups is 1. The van der Waals surface area contributed by atoms with Crippen molar-refractivity contribution in [3.63, 3.8) is 0 Å². The Labute approximate surface area is 115 Å². The van der Waals surface area contributed by atoms with Crippen LogP contribution in [-0.4, -0.2) is 19.0 Å². The zero-order valence-electron chi connectivity index (χ0n) is 12.1. The maximum absolute atomic E-state index is 12.4. The monoisotopic (exact) mass is 260 g/mol. The first kappa shape index (κ1) is 14.1. The minimum absolute atomic E-state index is 0.150. The van der Waals surface area contributed by atoms with Gasteiger partial charge in [0.15, 0.2) is 0 Å². The van der Waals surface area contributed by atoms with Crippen LogP contribution in [-0.2, 0) is 4.79 Å². The van der Waals surface area contributed by atoms with Crippen molar-refractivity contribution in [3.05, 3.63) is 29.8 Å². The molecule has 0 spiro atoms. The van der Waals surface area contributed by atoms with Crippen molar-refractivity contribution in [1.82, 2.24) is 5.32 Å². The molecule has 0 bridgehead atoms. The van der Waals surface area contributed by atoms with Crippen molar-refractivity contribution < 1.29 is 4.79 Å². The van der Waals surface area contributed by atoms with E-state index in [0.29, 0.717) is 5.92 Å². The first-order valence-electron chi connectivity index (χ1n) is 7.19. The topological polar surface area (TPSA) is 41.1 Å². The highest BCUT2D eigenvalue weighted by Crippen LogP contribution is 2.31. The molecule has 1 atom stereocenters. The summed E-state index contributed by atoms with van der Waals surface area (Å²) in [5.74, 6) is 0.670. The highest BCUT2D eigenvalue weighted by atomic mass is 16.2. The van der Waals surface area contributed by atoms with Crippen LogP contribution < -0.4 is 10.6 Å². The van der Waals surface area contributed by atoms with Crippen LogP contribution in [0.15, 0.2) is 24.3 Å². The molecule has 19 heavy (non-hydrogen) atoms. The highest BCUT2D eigenvalue weighted by Gasteiger charge is 2.39. The third-order valence-corrected chi connectivity index (χ3v) is 4.24. The molecule has 1 aliphatic heterocycles. The summed E-state index contributed by atoms with van der Waals surface area (Å²) in [6, 6.07) is 8.18. The number of hydrogen-bond donors (Lipinski definition) is 2. The van der Waals surface area contributed by atoms with Gasteiger partial charge in [0.25, 0.3) is 0 Å². The summed E-state index contributed by atoms with van der Waals surface area (Å²) >= 11 is 0. The molecule has 3 nitrogen and oxygen atoms in total. The fraction of sp³-hybridized carbons (Fsp3) is 0.562. The maximum atomic E-state index is 12.4.